The van der Waals surface area contributed by atoms with Crippen LogP contribution in [-0.4, -0.2) is 68.4 Å². The minimum atomic E-state index is -0.533. The predicted molar refractivity (Wildman–Crippen MR) is 142 cm³/mol. The van der Waals surface area contributed by atoms with Crippen molar-refractivity contribution in [3.05, 3.63) is 29.8 Å². The molecule has 0 aliphatic heterocycles. The first-order valence-corrected chi connectivity index (χ1v) is 10.8. The fraction of sp³-hybridized carbons (Fsp3) is 0.652. The van der Waals surface area contributed by atoms with E-state index in [1.165, 1.54) is 0 Å². The zero-order chi connectivity index (χ0) is 23.5. The van der Waals surface area contributed by atoms with Gasteiger partial charge in [-0.15, -0.1) is 24.0 Å². The Balaban J connectivity index is 0.00000961. The van der Waals surface area contributed by atoms with Gasteiger partial charge in [-0.3, -0.25) is 0 Å². The monoisotopic (exact) mass is 563 g/mol. The van der Waals surface area contributed by atoms with Crippen molar-refractivity contribution in [3.8, 4) is 5.75 Å². The Morgan fingerprint density at radius 3 is 2.41 bits per heavy atom. The lowest BCUT2D eigenvalue weighted by Crippen LogP contribution is -2.54. The van der Waals surface area contributed by atoms with Crippen LogP contribution in [0.5, 0.6) is 5.75 Å². The Morgan fingerprint density at radius 2 is 1.81 bits per heavy atom. The lowest BCUT2D eigenvalue weighted by molar-refractivity contribution is 0.0474. The molecule has 0 fully saturated rings. The molecule has 1 aromatic rings. The second-order valence-electron chi connectivity index (χ2n) is 9.36. The van der Waals surface area contributed by atoms with Gasteiger partial charge in [-0.05, 0) is 73.3 Å². The number of benzene rings is 1. The quantitative estimate of drug-likeness (QED) is 0.229. The maximum absolute atomic E-state index is 12.1. The third kappa shape index (κ3) is 14.3. The molecular weight excluding hydrogens is 521 g/mol. The largest absolute Gasteiger partial charge is 0.492 e. The molecule has 0 atom stereocenters. The highest BCUT2D eigenvalue weighted by Crippen LogP contribution is 2.14. The lowest BCUT2D eigenvalue weighted by atomic mass is 10.1. The molecular formula is C23H42IN5O3. The van der Waals surface area contributed by atoms with Crippen LogP contribution in [0.15, 0.2) is 29.3 Å². The van der Waals surface area contributed by atoms with E-state index in [-0.39, 0.29) is 24.0 Å². The molecule has 3 N–H and O–H groups in total. The molecule has 0 aromatic heterocycles. The van der Waals surface area contributed by atoms with Crippen LogP contribution in [0.3, 0.4) is 0 Å². The number of hydrogen-bond acceptors (Lipinski definition) is 5. The van der Waals surface area contributed by atoms with E-state index in [2.05, 4.69) is 25.8 Å². The van der Waals surface area contributed by atoms with Crippen molar-refractivity contribution in [2.24, 2.45) is 4.99 Å². The SMILES string of the molecule is CCNC(=NCc1cccc(OCCN(C)C)c1)NCC(C)(C)NC(=O)OC(C)(C)C.I. The summed E-state index contributed by atoms with van der Waals surface area (Å²) in [4.78, 5) is 18.8. The summed E-state index contributed by atoms with van der Waals surface area (Å²) in [5.74, 6) is 1.52. The molecule has 0 saturated heterocycles. The molecule has 8 nitrogen and oxygen atoms in total. The van der Waals surface area contributed by atoms with Gasteiger partial charge in [0.2, 0.25) is 0 Å². The minimum Gasteiger partial charge on any atom is -0.492 e. The lowest BCUT2D eigenvalue weighted by Gasteiger charge is -2.29. The van der Waals surface area contributed by atoms with Crippen molar-refractivity contribution < 1.29 is 14.3 Å². The van der Waals surface area contributed by atoms with Gasteiger partial charge in [-0.25, -0.2) is 9.79 Å². The molecule has 0 aliphatic carbocycles. The van der Waals surface area contributed by atoms with Crippen LogP contribution in [0.1, 0.15) is 47.1 Å². The molecule has 184 valence electrons. The summed E-state index contributed by atoms with van der Waals surface area (Å²) in [6.45, 7) is 14.7. The summed E-state index contributed by atoms with van der Waals surface area (Å²) in [6, 6.07) is 7.97. The molecule has 9 heteroatoms. The fourth-order valence-electron chi connectivity index (χ4n) is 2.52. The number of nitrogens with zero attached hydrogens (tertiary/aromatic N) is 2. The molecule has 0 heterocycles. The third-order valence-electron chi connectivity index (χ3n) is 4.01. The van der Waals surface area contributed by atoms with Crippen molar-refractivity contribution in [2.45, 2.75) is 59.2 Å². The third-order valence-corrected chi connectivity index (χ3v) is 4.01. The van der Waals surface area contributed by atoms with Crippen molar-refractivity contribution in [1.29, 1.82) is 0 Å². The molecule has 32 heavy (non-hydrogen) atoms. The van der Waals surface area contributed by atoms with Crippen molar-refractivity contribution in [3.63, 3.8) is 0 Å². The highest BCUT2D eigenvalue weighted by atomic mass is 127. The van der Waals surface area contributed by atoms with Gasteiger partial charge in [0.25, 0.3) is 0 Å². The number of alkyl carbamates (subject to hydrolysis) is 1. The van der Waals surface area contributed by atoms with E-state index >= 15 is 0 Å². The number of halogens is 1. The molecule has 1 rings (SSSR count). The molecule has 1 amide bonds. The maximum Gasteiger partial charge on any atom is 0.408 e. The predicted octanol–water partition coefficient (Wildman–Crippen LogP) is 3.60. The van der Waals surface area contributed by atoms with Crippen LogP contribution in [0.25, 0.3) is 0 Å². The van der Waals surface area contributed by atoms with Gasteiger partial charge in [0.15, 0.2) is 5.96 Å². The van der Waals surface area contributed by atoms with E-state index in [9.17, 15) is 4.79 Å². The van der Waals surface area contributed by atoms with Crippen LogP contribution >= 0.6 is 24.0 Å². The minimum absolute atomic E-state index is 0. The summed E-state index contributed by atoms with van der Waals surface area (Å²) in [7, 11) is 4.04. The summed E-state index contributed by atoms with van der Waals surface area (Å²) in [5, 5.41) is 9.42. The number of rotatable bonds is 10. The summed E-state index contributed by atoms with van der Waals surface area (Å²) in [5.41, 5.74) is 0.0126. The highest BCUT2D eigenvalue weighted by molar-refractivity contribution is 14.0. The van der Waals surface area contributed by atoms with Crippen LogP contribution in [-0.2, 0) is 11.3 Å². The standard InChI is InChI=1S/C23H41N5O3.HI/c1-9-24-20(26-17-23(5,6)27-21(29)31-22(2,3)4)25-16-18-11-10-12-19(15-18)30-14-13-28(7)8;/h10-12,15H,9,13-14,16-17H2,1-8H3,(H,27,29)(H2,24,25,26);1H. The number of carbonyl (C=O) groups excluding carboxylic acids is 1. The van der Waals surface area contributed by atoms with Gasteiger partial charge in [0, 0.05) is 19.6 Å². The number of hydrogen-bond donors (Lipinski definition) is 3. The number of ether oxygens (including phenoxy) is 2. The second-order valence-corrected chi connectivity index (χ2v) is 9.36. The molecule has 0 saturated carbocycles. The zero-order valence-corrected chi connectivity index (χ0v) is 23.2. The zero-order valence-electron chi connectivity index (χ0n) is 20.9. The smallest absolute Gasteiger partial charge is 0.408 e. The number of aliphatic imine (C=N–C) groups is 1. The van der Waals surface area contributed by atoms with Gasteiger partial charge < -0.3 is 30.3 Å². The van der Waals surface area contributed by atoms with E-state index in [0.717, 1.165) is 24.4 Å². The van der Waals surface area contributed by atoms with E-state index in [4.69, 9.17) is 9.47 Å². The molecule has 0 spiro atoms. The van der Waals surface area contributed by atoms with Crippen molar-refractivity contribution in [1.82, 2.24) is 20.9 Å². The van der Waals surface area contributed by atoms with Crippen molar-refractivity contribution in [2.75, 3.05) is 40.3 Å². The first-order valence-electron chi connectivity index (χ1n) is 10.8. The number of amides is 1. The molecule has 1 aromatic carbocycles. The molecule has 0 aliphatic rings. The number of likely N-dealkylation sites (N-methyl/N-ethyl adjacent to an activating group) is 1. The van der Waals surface area contributed by atoms with Crippen LogP contribution in [0, 0.1) is 0 Å². The average molecular weight is 564 g/mol. The number of nitrogens with one attached hydrogen (secondary N) is 3. The van der Waals surface area contributed by atoms with Gasteiger partial charge in [0.1, 0.15) is 18.0 Å². The summed E-state index contributed by atoms with van der Waals surface area (Å²) in [6.07, 6.45) is -0.438. The second kappa shape index (κ2) is 14.4. The van der Waals surface area contributed by atoms with Crippen LogP contribution in [0.4, 0.5) is 4.79 Å². The molecule has 0 unspecified atom stereocenters. The van der Waals surface area contributed by atoms with E-state index in [1.807, 2.05) is 79.9 Å². The summed E-state index contributed by atoms with van der Waals surface area (Å²) >= 11 is 0. The summed E-state index contributed by atoms with van der Waals surface area (Å²) < 4.78 is 11.1. The Bertz CT molecular complexity index is 718. The Labute approximate surface area is 210 Å². The van der Waals surface area contributed by atoms with Crippen LogP contribution < -0.4 is 20.7 Å². The maximum atomic E-state index is 12.1. The molecule has 0 radical (unpaired) electrons. The number of guanidine groups is 1. The first-order chi connectivity index (χ1) is 14.4. The average Bonchev–Trinajstić information content (AvgIpc) is 2.62. The van der Waals surface area contributed by atoms with Crippen LogP contribution in [0.2, 0.25) is 0 Å². The Hall–Kier alpha value is -1.75. The highest BCUT2D eigenvalue weighted by Gasteiger charge is 2.24. The van der Waals surface area contributed by atoms with Gasteiger partial charge in [-0.1, -0.05) is 12.1 Å². The van der Waals surface area contributed by atoms with E-state index in [1.54, 1.807) is 0 Å². The normalized spacial score (nSPS) is 12.1. The first kappa shape index (κ1) is 30.2. The fourth-order valence-corrected chi connectivity index (χ4v) is 2.52. The molecule has 0 bridgehead atoms. The Kier molecular flexibility index (Phi) is 13.6. The number of carbonyl (C=O) groups is 1. The Morgan fingerprint density at radius 1 is 1.12 bits per heavy atom. The van der Waals surface area contributed by atoms with Crippen molar-refractivity contribution >= 4 is 36.0 Å². The van der Waals surface area contributed by atoms with Gasteiger partial charge >= 0.3 is 6.09 Å². The van der Waals surface area contributed by atoms with Gasteiger partial charge in [0.05, 0.1) is 12.1 Å². The van der Waals surface area contributed by atoms with E-state index in [0.29, 0.717) is 25.7 Å². The van der Waals surface area contributed by atoms with Gasteiger partial charge in [-0.2, -0.15) is 0 Å². The topological polar surface area (TPSA) is 87.2 Å². The van der Waals surface area contributed by atoms with E-state index < -0.39 is 17.2 Å².